The number of nitrogens with zero attached hydrogens (tertiary/aromatic N) is 1. The lowest BCUT2D eigenvalue weighted by atomic mass is 10.1. The normalized spacial score (nSPS) is 16.0. The van der Waals surface area contributed by atoms with Crippen LogP contribution < -0.4 is 20.1 Å². The summed E-state index contributed by atoms with van der Waals surface area (Å²) >= 11 is 0. The van der Waals surface area contributed by atoms with Crippen LogP contribution in [-0.4, -0.2) is 62.7 Å². The van der Waals surface area contributed by atoms with Crippen molar-refractivity contribution in [2.45, 2.75) is 38.8 Å². The molecule has 1 aliphatic heterocycles. The van der Waals surface area contributed by atoms with Crippen LogP contribution in [0.4, 0.5) is 0 Å². The highest BCUT2D eigenvalue weighted by atomic mass is 35.5. The number of carbonyl (C=O) groups excluding carboxylic acids is 2. The average Bonchev–Trinajstić information content (AvgIpc) is 3.07. The van der Waals surface area contributed by atoms with E-state index in [-0.39, 0.29) is 42.9 Å². The van der Waals surface area contributed by atoms with Crippen LogP contribution >= 0.6 is 12.4 Å². The van der Waals surface area contributed by atoms with E-state index in [9.17, 15) is 9.59 Å². The molecular formula is C19H30ClN3O4. The molecule has 1 aromatic rings. The summed E-state index contributed by atoms with van der Waals surface area (Å²) in [5, 5.41) is 5.90. The minimum Gasteiger partial charge on any atom is -0.493 e. The molecule has 0 radical (unpaired) electrons. The molecule has 0 saturated carbocycles. The summed E-state index contributed by atoms with van der Waals surface area (Å²) in [6.45, 7) is 5.23. The number of likely N-dealkylation sites (N-methyl/N-ethyl adjacent to an activating group) is 1. The minimum atomic E-state index is -0.200. The van der Waals surface area contributed by atoms with Gasteiger partial charge in [-0.3, -0.25) is 9.59 Å². The van der Waals surface area contributed by atoms with Gasteiger partial charge in [0, 0.05) is 30.7 Å². The molecule has 2 rings (SSSR count). The van der Waals surface area contributed by atoms with Crippen LogP contribution in [0, 0.1) is 0 Å². The van der Waals surface area contributed by atoms with Gasteiger partial charge >= 0.3 is 0 Å². The fourth-order valence-corrected chi connectivity index (χ4v) is 3.14. The predicted octanol–water partition coefficient (Wildman–Crippen LogP) is 1.84. The Morgan fingerprint density at radius 1 is 1.30 bits per heavy atom. The Labute approximate surface area is 167 Å². The Bertz CT molecular complexity index is 639. The number of amides is 2. The van der Waals surface area contributed by atoms with Crippen LogP contribution in [0.2, 0.25) is 0 Å². The van der Waals surface area contributed by atoms with Crippen molar-refractivity contribution in [1.29, 1.82) is 0 Å². The maximum absolute atomic E-state index is 12.8. The Kier molecular flexibility index (Phi) is 9.38. The maximum Gasteiger partial charge on any atom is 0.258 e. The molecule has 1 aromatic carbocycles. The fourth-order valence-electron chi connectivity index (χ4n) is 3.14. The molecular weight excluding hydrogens is 370 g/mol. The zero-order valence-electron chi connectivity index (χ0n) is 16.4. The van der Waals surface area contributed by atoms with E-state index in [1.807, 2.05) is 25.8 Å². The lowest BCUT2D eigenvalue weighted by Crippen LogP contribution is -2.40. The number of benzene rings is 1. The molecule has 1 fully saturated rings. The van der Waals surface area contributed by atoms with Gasteiger partial charge in [-0.05, 0) is 51.9 Å². The van der Waals surface area contributed by atoms with Crippen molar-refractivity contribution < 1.29 is 19.1 Å². The van der Waals surface area contributed by atoms with E-state index in [2.05, 4.69) is 10.6 Å². The molecule has 2 amide bonds. The molecule has 0 aromatic heterocycles. The van der Waals surface area contributed by atoms with Crippen LogP contribution in [0.1, 0.15) is 37.0 Å². The number of halogens is 1. The number of rotatable bonds is 8. The average molecular weight is 400 g/mol. The van der Waals surface area contributed by atoms with Crippen LogP contribution in [0.5, 0.6) is 11.5 Å². The van der Waals surface area contributed by atoms with Crippen molar-refractivity contribution in [2.75, 3.05) is 33.9 Å². The maximum atomic E-state index is 12.8. The van der Waals surface area contributed by atoms with Gasteiger partial charge in [0.25, 0.3) is 11.8 Å². The standard InChI is InChI=1S/C19H29N3O4.ClH/c1-13(2)21-18(23)12-26-16-8-7-14(10-17(16)25-4)19(24)22-9-5-6-15(22)11-20-3;/h7-8,10,13,15,20H,5-6,9,11-12H2,1-4H3,(H,21,23);1H. The third-order valence-corrected chi connectivity index (χ3v) is 4.30. The summed E-state index contributed by atoms with van der Waals surface area (Å²) in [5.41, 5.74) is 0.559. The van der Waals surface area contributed by atoms with Crippen molar-refractivity contribution in [3.63, 3.8) is 0 Å². The molecule has 1 atom stereocenters. The predicted molar refractivity (Wildman–Crippen MR) is 107 cm³/mol. The SMILES string of the molecule is CNCC1CCCN1C(=O)c1ccc(OCC(=O)NC(C)C)c(OC)c1.Cl. The topological polar surface area (TPSA) is 79.9 Å². The van der Waals surface area contributed by atoms with Gasteiger partial charge in [-0.15, -0.1) is 12.4 Å². The molecule has 152 valence electrons. The van der Waals surface area contributed by atoms with E-state index in [1.165, 1.54) is 7.11 Å². The third kappa shape index (κ3) is 6.29. The molecule has 2 N–H and O–H groups in total. The summed E-state index contributed by atoms with van der Waals surface area (Å²) in [7, 11) is 3.41. The van der Waals surface area contributed by atoms with Gasteiger partial charge in [-0.25, -0.2) is 0 Å². The highest BCUT2D eigenvalue weighted by Crippen LogP contribution is 2.29. The second-order valence-electron chi connectivity index (χ2n) is 6.73. The first kappa shape index (κ1) is 23.0. The van der Waals surface area contributed by atoms with E-state index in [1.54, 1.807) is 18.2 Å². The molecule has 1 saturated heterocycles. The smallest absolute Gasteiger partial charge is 0.258 e. The molecule has 0 spiro atoms. The largest absolute Gasteiger partial charge is 0.493 e. The van der Waals surface area contributed by atoms with Crippen LogP contribution in [0.15, 0.2) is 18.2 Å². The Morgan fingerprint density at radius 3 is 2.67 bits per heavy atom. The first-order chi connectivity index (χ1) is 12.5. The van der Waals surface area contributed by atoms with Gasteiger partial charge in [-0.2, -0.15) is 0 Å². The summed E-state index contributed by atoms with van der Waals surface area (Å²) in [6, 6.07) is 5.34. The Morgan fingerprint density at radius 2 is 2.04 bits per heavy atom. The molecule has 0 bridgehead atoms. The zero-order chi connectivity index (χ0) is 19.1. The number of nitrogens with one attached hydrogen (secondary N) is 2. The first-order valence-corrected chi connectivity index (χ1v) is 9.02. The Balaban J connectivity index is 0.00000364. The van der Waals surface area contributed by atoms with Crippen molar-refractivity contribution in [3.05, 3.63) is 23.8 Å². The number of ether oxygens (including phenoxy) is 2. The molecule has 1 aliphatic rings. The van der Waals surface area contributed by atoms with Crippen LogP contribution in [-0.2, 0) is 4.79 Å². The van der Waals surface area contributed by atoms with Gasteiger partial charge in [0.15, 0.2) is 18.1 Å². The van der Waals surface area contributed by atoms with Gasteiger partial charge in [-0.1, -0.05) is 0 Å². The fraction of sp³-hybridized carbons (Fsp3) is 0.579. The molecule has 1 unspecified atom stereocenters. The second kappa shape index (κ2) is 11.0. The van der Waals surface area contributed by atoms with E-state index in [4.69, 9.17) is 9.47 Å². The molecule has 27 heavy (non-hydrogen) atoms. The van der Waals surface area contributed by atoms with Crippen LogP contribution in [0.25, 0.3) is 0 Å². The van der Waals surface area contributed by atoms with E-state index >= 15 is 0 Å². The lowest BCUT2D eigenvalue weighted by Gasteiger charge is -2.25. The zero-order valence-corrected chi connectivity index (χ0v) is 17.2. The van der Waals surface area contributed by atoms with Gasteiger partial charge in [0.1, 0.15) is 0 Å². The van der Waals surface area contributed by atoms with Crippen molar-refractivity contribution in [2.24, 2.45) is 0 Å². The summed E-state index contributed by atoms with van der Waals surface area (Å²) in [4.78, 5) is 26.5. The molecule has 7 nitrogen and oxygen atoms in total. The summed E-state index contributed by atoms with van der Waals surface area (Å²) in [5.74, 6) is 0.674. The summed E-state index contributed by atoms with van der Waals surface area (Å²) < 4.78 is 10.9. The molecule has 0 aliphatic carbocycles. The second-order valence-corrected chi connectivity index (χ2v) is 6.73. The number of carbonyl (C=O) groups is 2. The van der Waals surface area contributed by atoms with Crippen molar-refractivity contribution >= 4 is 24.2 Å². The van der Waals surface area contributed by atoms with Gasteiger partial charge < -0.3 is 25.0 Å². The number of methoxy groups -OCH3 is 1. The Hall–Kier alpha value is -1.99. The number of hydrogen-bond acceptors (Lipinski definition) is 5. The van der Waals surface area contributed by atoms with E-state index in [0.717, 1.165) is 25.9 Å². The quantitative estimate of drug-likeness (QED) is 0.697. The highest BCUT2D eigenvalue weighted by molar-refractivity contribution is 5.95. The van der Waals surface area contributed by atoms with Crippen molar-refractivity contribution in [1.82, 2.24) is 15.5 Å². The third-order valence-electron chi connectivity index (χ3n) is 4.30. The number of hydrogen-bond donors (Lipinski definition) is 2. The monoisotopic (exact) mass is 399 g/mol. The lowest BCUT2D eigenvalue weighted by molar-refractivity contribution is -0.123. The van der Waals surface area contributed by atoms with Crippen LogP contribution in [0.3, 0.4) is 0 Å². The highest BCUT2D eigenvalue weighted by Gasteiger charge is 2.29. The number of likely N-dealkylation sites (tertiary alicyclic amines) is 1. The van der Waals surface area contributed by atoms with Gasteiger partial charge in [0.05, 0.1) is 7.11 Å². The molecule has 1 heterocycles. The minimum absolute atomic E-state index is 0. The first-order valence-electron chi connectivity index (χ1n) is 9.02. The van der Waals surface area contributed by atoms with Gasteiger partial charge in [0.2, 0.25) is 0 Å². The van der Waals surface area contributed by atoms with E-state index < -0.39 is 0 Å². The molecule has 8 heteroatoms. The van der Waals surface area contributed by atoms with Crippen molar-refractivity contribution in [3.8, 4) is 11.5 Å². The van der Waals surface area contributed by atoms with E-state index in [0.29, 0.717) is 17.1 Å². The summed E-state index contributed by atoms with van der Waals surface area (Å²) in [6.07, 6.45) is 2.03.